The monoisotopic (exact) mass is 247 g/mol. The van der Waals surface area contributed by atoms with Crippen molar-refractivity contribution in [3.05, 3.63) is 30.1 Å². The van der Waals surface area contributed by atoms with Crippen LogP contribution in [0, 0.1) is 5.92 Å². The standard InChI is InChI=1S/C14H21N3O/c1-17(11-7-13-4-2-3-8-16-13)14(18)12-5-9-15-10-6-12/h2-4,8,12,15H,5-7,9-11H2,1H3. The number of pyridine rings is 1. The van der Waals surface area contributed by atoms with E-state index in [1.54, 1.807) is 6.20 Å². The summed E-state index contributed by atoms with van der Waals surface area (Å²) < 4.78 is 0. The van der Waals surface area contributed by atoms with Gasteiger partial charge in [0, 0.05) is 37.8 Å². The third kappa shape index (κ3) is 3.53. The van der Waals surface area contributed by atoms with Gasteiger partial charge >= 0.3 is 0 Å². The molecule has 0 radical (unpaired) electrons. The van der Waals surface area contributed by atoms with E-state index in [-0.39, 0.29) is 11.8 Å². The van der Waals surface area contributed by atoms with E-state index in [1.807, 2.05) is 30.1 Å². The Morgan fingerprint density at radius 3 is 2.89 bits per heavy atom. The van der Waals surface area contributed by atoms with Gasteiger partial charge in [-0.3, -0.25) is 9.78 Å². The zero-order valence-electron chi connectivity index (χ0n) is 10.9. The highest BCUT2D eigenvalue weighted by Crippen LogP contribution is 2.14. The molecule has 0 spiro atoms. The summed E-state index contributed by atoms with van der Waals surface area (Å²) in [5.74, 6) is 0.493. The van der Waals surface area contributed by atoms with Gasteiger partial charge in [-0.05, 0) is 38.1 Å². The summed E-state index contributed by atoms with van der Waals surface area (Å²) in [4.78, 5) is 18.3. The molecule has 1 aliphatic heterocycles. The first-order valence-electron chi connectivity index (χ1n) is 6.63. The summed E-state index contributed by atoms with van der Waals surface area (Å²) in [7, 11) is 1.90. The maximum absolute atomic E-state index is 12.2. The molecular formula is C14H21N3O. The van der Waals surface area contributed by atoms with Crippen LogP contribution in [-0.2, 0) is 11.2 Å². The van der Waals surface area contributed by atoms with Gasteiger partial charge in [-0.2, -0.15) is 0 Å². The predicted octanol–water partition coefficient (Wildman–Crippen LogP) is 1.08. The number of likely N-dealkylation sites (N-methyl/N-ethyl adjacent to an activating group) is 1. The second-order valence-corrected chi connectivity index (χ2v) is 4.86. The molecule has 18 heavy (non-hydrogen) atoms. The van der Waals surface area contributed by atoms with Crippen molar-refractivity contribution in [1.82, 2.24) is 15.2 Å². The van der Waals surface area contributed by atoms with Gasteiger partial charge in [-0.1, -0.05) is 6.07 Å². The zero-order valence-corrected chi connectivity index (χ0v) is 10.9. The van der Waals surface area contributed by atoms with E-state index in [1.165, 1.54) is 0 Å². The molecule has 0 bridgehead atoms. The summed E-state index contributed by atoms with van der Waals surface area (Å²) >= 11 is 0. The quantitative estimate of drug-likeness (QED) is 0.866. The lowest BCUT2D eigenvalue weighted by molar-refractivity contribution is -0.134. The van der Waals surface area contributed by atoms with E-state index in [2.05, 4.69) is 10.3 Å². The van der Waals surface area contributed by atoms with Crippen molar-refractivity contribution in [3.8, 4) is 0 Å². The minimum Gasteiger partial charge on any atom is -0.345 e. The number of nitrogens with one attached hydrogen (secondary N) is 1. The molecule has 0 unspecified atom stereocenters. The van der Waals surface area contributed by atoms with Gasteiger partial charge in [0.2, 0.25) is 5.91 Å². The Hall–Kier alpha value is -1.42. The molecule has 4 heteroatoms. The first-order valence-corrected chi connectivity index (χ1v) is 6.63. The largest absolute Gasteiger partial charge is 0.345 e. The number of rotatable bonds is 4. The van der Waals surface area contributed by atoms with Crippen molar-refractivity contribution in [3.63, 3.8) is 0 Å². The van der Waals surface area contributed by atoms with E-state index < -0.39 is 0 Å². The van der Waals surface area contributed by atoms with Crippen molar-refractivity contribution >= 4 is 5.91 Å². The smallest absolute Gasteiger partial charge is 0.225 e. The van der Waals surface area contributed by atoms with Crippen molar-refractivity contribution < 1.29 is 4.79 Å². The van der Waals surface area contributed by atoms with Crippen LogP contribution in [0.2, 0.25) is 0 Å². The van der Waals surface area contributed by atoms with Gasteiger partial charge in [0.1, 0.15) is 0 Å². The third-order valence-corrected chi connectivity index (χ3v) is 3.49. The van der Waals surface area contributed by atoms with Crippen molar-refractivity contribution in [2.24, 2.45) is 5.92 Å². The fourth-order valence-corrected chi connectivity index (χ4v) is 2.32. The summed E-state index contributed by atoms with van der Waals surface area (Å²) in [6.45, 7) is 2.68. The van der Waals surface area contributed by atoms with Crippen LogP contribution in [0.4, 0.5) is 0 Å². The average molecular weight is 247 g/mol. The fraction of sp³-hybridized carbons (Fsp3) is 0.571. The molecule has 1 amide bonds. The highest BCUT2D eigenvalue weighted by Gasteiger charge is 2.23. The molecule has 2 rings (SSSR count). The zero-order chi connectivity index (χ0) is 12.8. The maximum Gasteiger partial charge on any atom is 0.225 e. The van der Waals surface area contributed by atoms with Crippen LogP contribution in [0.15, 0.2) is 24.4 Å². The first kappa shape index (κ1) is 13.0. The summed E-state index contributed by atoms with van der Waals surface area (Å²) in [6.07, 6.45) is 4.55. The normalized spacial score (nSPS) is 16.5. The Labute approximate surface area is 108 Å². The molecule has 1 fully saturated rings. The van der Waals surface area contributed by atoms with Crippen LogP contribution in [0.5, 0.6) is 0 Å². The lowest BCUT2D eigenvalue weighted by atomic mass is 9.96. The summed E-state index contributed by atoms with van der Waals surface area (Å²) in [5.41, 5.74) is 1.04. The van der Waals surface area contributed by atoms with Gasteiger partial charge in [0.05, 0.1) is 0 Å². The second kappa shape index (κ2) is 6.50. The van der Waals surface area contributed by atoms with Crippen molar-refractivity contribution in [1.29, 1.82) is 0 Å². The fourth-order valence-electron chi connectivity index (χ4n) is 2.32. The molecule has 1 aliphatic rings. The SMILES string of the molecule is CN(CCc1ccccn1)C(=O)C1CCNCC1. The first-order chi connectivity index (χ1) is 8.77. The molecule has 0 saturated carbocycles. The second-order valence-electron chi connectivity index (χ2n) is 4.86. The Morgan fingerprint density at radius 1 is 1.44 bits per heavy atom. The molecule has 98 valence electrons. The van der Waals surface area contributed by atoms with E-state index in [4.69, 9.17) is 0 Å². The van der Waals surface area contributed by atoms with Gasteiger partial charge in [-0.15, -0.1) is 0 Å². The average Bonchev–Trinajstić information content (AvgIpc) is 2.46. The van der Waals surface area contributed by atoms with Crippen molar-refractivity contribution in [2.75, 3.05) is 26.7 Å². The Kier molecular flexibility index (Phi) is 4.70. The number of piperidine rings is 1. The van der Waals surface area contributed by atoms with Crippen LogP contribution in [0.25, 0.3) is 0 Å². The number of hydrogen-bond acceptors (Lipinski definition) is 3. The number of aromatic nitrogens is 1. The van der Waals surface area contributed by atoms with E-state index in [0.29, 0.717) is 0 Å². The van der Waals surface area contributed by atoms with Gasteiger partial charge in [0.15, 0.2) is 0 Å². The minimum atomic E-state index is 0.208. The molecule has 1 N–H and O–H groups in total. The Balaban J connectivity index is 1.80. The molecule has 4 nitrogen and oxygen atoms in total. The molecule has 2 heterocycles. The van der Waals surface area contributed by atoms with Gasteiger partial charge in [0.25, 0.3) is 0 Å². The Bertz CT molecular complexity index is 374. The van der Waals surface area contributed by atoms with E-state index in [9.17, 15) is 4.79 Å². The van der Waals surface area contributed by atoms with Crippen LogP contribution >= 0.6 is 0 Å². The number of carbonyl (C=O) groups is 1. The molecule has 0 aliphatic carbocycles. The van der Waals surface area contributed by atoms with E-state index in [0.717, 1.165) is 44.6 Å². The van der Waals surface area contributed by atoms with Crippen LogP contribution in [-0.4, -0.2) is 42.5 Å². The molecule has 1 aromatic rings. The third-order valence-electron chi connectivity index (χ3n) is 3.49. The minimum absolute atomic E-state index is 0.208. The number of amides is 1. The number of carbonyl (C=O) groups excluding carboxylic acids is 1. The maximum atomic E-state index is 12.2. The van der Waals surface area contributed by atoms with Crippen molar-refractivity contribution in [2.45, 2.75) is 19.3 Å². The van der Waals surface area contributed by atoms with Crippen LogP contribution in [0.1, 0.15) is 18.5 Å². The highest BCUT2D eigenvalue weighted by molar-refractivity contribution is 5.78. The molecule has 1 saturated heterocycles. The van der Waals surface area contributed by atoms with E-state index >= 15 is 0 Å². The predicted molar refractivity (Wildman–Crippen MR) is 71.2 cm³/mol. The summed E-state index contributed by atoms with van der Waals surface area (Å²) in [5, 5.41) is 3.29. The lowest BCUT2D eigenvalue weighted by Crippen LogP contribution is -2.39. The Morgan fingerprint density at radius 2 is 2.22 bits per heavy atom. The highest BCUT2D eigenvalue weighted by atomic mass is 16.2. The molecule has 0 atom stereocenters. The molecule has 1 aromatic heterocycles. The van der Waals surface area contributed by atoms with Gasteiger partial charge in [-0.25, -0.2) is 0 Å². The van der Waals surface area contributed by atoms with Crippen LogP contribution in [0.3, 0.4) is 0 Å². The summed E-state index contributed by atoms with van der Waals surface area (Å²) in [6, 6.07) is 5.90. The van der Waals surface area contributed by atoms with Gasteiger partial charge < -0.3 is 10.2 Å². The topological polar surface area (TPSA) is 45.2 Å². The molecule has 0 aromatic carbocycles. The molecular weight excluding hydrogens is 226 g/mol. The number of hydrogen-bond donors (Lipinski definition) is 1. The number of nitrogens with zero attached hydrogens (tertiary/aromatic N) is 2. The lowest BCUT2D eigenvalue weighted by Gasteiger charge is -2.26. The van der Waals surface area contributed by atoms with Crippen LogP contribution < -0.4 is 5.32 Å².